The number of furan rings is 1. The van der Waals surface area contributed by atoms with Crippen molar-refractivity contribution >= 4 is 5.91 Å². The van der Waals surface area contributed by atoms with Crippen LogP contribution >= 0.6 is 0 Å². The third-order valence-corrected chi connectivity index (χ3v) is 3.52. The summed E-state index contributed by atoms with van der Waals surface area (Å²) in [6, 6.07) is 7.26. The third-order valence-electron chi connectivity index (χ3n) is 3.52. The number of benzene rings is 1. The van der Waals surface area contributed by atoms with E-state index < -0.39 is 0 Å². The fraction of sp³-hybridized carbons (Fsp3) is 0.421. The molecule has 1 amide bonds. The maximum absolute atomic E-state index is 12.1. The van der Waals surface area contributed by atoms with Gasteiger partial charge in [0, 0.05) is 0 Å². The molecule has 0 saturated carbocycles. The molecule has 5 nitrogen and oxygen atoms in total. The lowest BCUT2D eigenvalue weighted by Gasteiger charge is -2.17. The molecule has 0 bridgehead atoms. The first-order valence-corrected chi connectivity index (χ1v) is 8.38. The van der Waals surface area contributed by atoms with E-state index in [9.17, 15) is 4.79 Å². The van der Waals surface area contributed by atoms with Gasteiger partial charge in [0.15, 0.2) is 11.5 Å². The van der Waals surface area contributed by atoms with E-state index >= 15 is 0 Å². The predicted octanol–water partition coefficient (Wildman–Crippen LogP) is 4.35. The molecular weight excluding hydrogens is 306 g/mol. The van der Waals surface area contributed by atoms with Crippen molar-refractivity contribution in [2.75, 3.05) is 13.2 Å². The smallest absolute Gasteiger partial charge is 0.255 e. The molecule has 0 spiro atoms. The Bertz CT molecular complexity index is 637. The summed E-state index contributed by atoms with van der Waals surface area (Å²) in [7, 11) is 0. The van der Waals surface area contributed by atoms with Gasteiger partial charge in [-0.25, -0.2) is 0 Å². The molecule has 1 heterocycles. The van der Waals surface area contributed by atoms with Crippen LogP contribution in [0.25, 0.3) is 0 Å². The highest BCUT2D eigenvalue weighted by Crippen LogP contribution is 2.31. The first-order valence-electron chi connectivity index (χ1n) is 8.38. The molecule has 1 N–H and O–H groups in total. The fourth-order valence-corrected chi connectivity index (χ4v) is 2.21. The second-order valence-electron chi connectivity index (χ2n) is 5.61. The number of rotatable bonds is 9. The molecule has 0 fully saturated rings. The molecule has 1 aromatic carbocycles. The molecule has 0 radical (unpaired) electrons. The first-order chi connectivity index (χ1) is 11.7. The minimum absolute atomic E-state index is 0.156. The topological polar surface area (TPSA) is 60.7 Å². The number of amides is 1. The van der Waals surface area contributed by atoms with Gasteiger partial charge in [-0.05, 0) is 43.5 Å². The maximum Gasteiger partial charge on any atom is 0.255 e. The number of hydrogen-bond acceptors (Lipinski definition) is 4. The average molecular weight is 331 g/mol. The summed E-state index contributed by atoms with van der Waals surface area (Å²) in [6.07, 6.45) is 4.77. The molecule has 0 saturated heterocycles. The standard InChI is InChI=1S/C19H25NO4/c1-4-9-23-17-7-6-15(12-18(17)24-10-5-2)14(3)20-19(21)16-8-11-22-13-16/h6-8,11-14H,4-5,9-10H2,1-3H3,(H,20,21)/t14-/m0/s1. The number of carbonyl (C=O) groups excluding carboxylic acids is 1. The Morgan fingerprint density at radius 1 is 1.12 bits per heavy atom. The second kappa shape index (κ2) is 9.01. The molecule has 130 valence electrons. The van der Waals surface area contributed by atoms with Gasteiger partial charge in [0.2, 0.25) is 0 Å². The van der Waals surface area contributed by atoms with E-state index in [0.29, 0.717) is 24.5 Å². The zero-order valence-corrected chi connectivity index (χ0v) is 14.5. The first kappa shape index (κ1) is 17.9. The average Bonchev–Trinajstić information content (AvgIpc) is 3.13. The van der Waals surface area contributed by atoms with Crippen LogP contribution in [0, 0.1) is 0 Å². The molecule has 2 aromatic rings. The van der Waals surface area contributed by atoms with Crippen molar-refractivity contribution in [3.63, 3.8) is 0 Å². The van der Waals surface area contributed by atoms with Crippen molar-refractivity contribution in [1.82, 2.24) is 5.32 Å². The van der Waals surface area contributed by atoms with E-state index in [4.69, 9.17) is 13.9 Å². The minimum atomic E-state index is -0.168. The van der Waals surface area contributed by atoms with E-state index in [2.05, 4.69) is 19.2 Å². The van der Waals surface area contributed by atoms with E-state index in [0.717, 1.165) is 24.2 Å². The van der Waals surface area contributed by atoms with Crippen LogP contribution in [0.5, 0.6) is 11.5 Å². The Hall–Kier alpha value is -2.43. The normalized spacial score (nSPS) is 11.8. The summed E-state index contributed by atoms with van der Waals surface area (Å²) < 4.78 is 16.5. The van der Waals surface area contributed by atoms with Crippen LogP contribution in [0.3, 0.4) is 0 Å². The zero-order chi connectivity index (χ0) is 17.4. The summed E-state index contributed by atoms with van der Waals surface area (Å²) in [5.41, 5.74) is 1.47. The van der Waals surface area contributed by atoms with Crippen LogP contribution in [-0.2, 0) is 0 Å². The van der Waals surface area contributed by atoms with Gasteiger partial charge < -0.3 is 19.2 Å². The number of nitrogens with one attached hydrogen (secondary N) is 1. The lowest BCUT2D eigenvalue weighted by molar-refractivity contribution is 0.0939. The minimum Gasteiger partial charge on any atom is -0.490 e. The van der Waals surface area contributed by atoms with Gasteiger partial charge in [-0.2, -0.15) is 0 Å². The highest BCUT2D eigenvalue weighted by molar-refractivity contribution is 5.94. The molecule has 24 heavy (non-hydrogen) atoms. The van der Waals surface area contributed by atoms with Gasteiger partial charge in [0.1, 0.15) is 6.26 Å². The fourth-order valence-electron chi connectivity index (χ4n) is 2.21. The van der Waals surface area contributed by atoms with Gasteiger partial charge in [-0.15, -0.1) is 0 Å². The van der Waals surface area contributed by atoms with Crippen LogP contribution < -0.4 is 14.8 Å². The summed E-state index contributed by atoms with van der Waals surface area (Å²) in [4.78, 5) is 12.1. The Morgan fingerprint density at radius 3 is 2.46 bits per heavy atom. The van der Waals surface area contributed by atoms with Crippen LogP contribution in [0.4, 0.5) is 0 Å². The van der Waals surface area contributed by atoms with Crippen LogP contribution in [-0.4, -0.2) is 19.1 Å². The molecule has 2 rings (SSSR count). The summed E-state index contributed by atoms with van der Waals surface area (Å²) >= 11 is 0. The second-order valence-corrected chi connectivity index (χ2v) is 5.61. The quantitative estimate of drug-likeness (QED) is 0.742. The molecule has 0 aliphatic carbocycles. The lowest BCUT2D eigenvalue weighted by atomic mass is 10.1. The number of carbonyl (C=O) groups is 1. The molecule has 0 unspecified atom stereocenters. The van der Waals surface area contributed by atoms with Gasteiger partial charge >= 0.3 is 0 Å². The molecule has 1 atom stereocenters. The Balaban J connectivity index is 2.11. The molecule has 1 aromatic heterocycles. The molecule has 5 heteroatoms. The van der Waals surface area contributed by atoms with Gasteiger partial charge in [0.05, 0.1) is 31.1 Å². The summed E-state index contributed by atoms with van der Waals surface area (Å²) in [5, 5.41) is 2.95. The Kier molecular flexibility index (Phi) is 6.73. The van der Waals surface area contributed by atoms with Crippen molar-refractivity contribution in [3.05, 3.63) is 47.9 Å². The predicted molar refractivity (Wildman–Crippen MR) is 92.6 cm³/mol. The van der Waals surface area contributed by atoms with Crippen LogP contribution in [0.2, 0.25) is 0 Å². The van der Waals surface area contributed by atoms with E-state index in [1.807, 2.05) is 25.1 Å². The van der Waals surface area contributed by atoms with Gasteiger partial charge in [-0.1, -0.05) is 19.9 Å². The van der Waals surface area contributed by atoms with Crippen LogP contribution in [0.15, 0.2) is 41.2 Å². The van der Waals surface area contributed by atoms with E-state index in [1.54, 1.807) is 6.07 Å². The maximum atomic E-state index is 12.1. The van der Waals surface area contributed by atoms with E-state index in [1.165, 1.54) is 12.5 Å². The largest absolute Gasteiger partial charge is 0.490 e. The van der Waals surface area contributed by atoms with Crippen molar-refractivity contribution in [3.8, 4) is 11.5 Å². The SMILES string of the molecule is CCCOc1ccc([C@H](C)NC(=O)c2ccoc2)cc1OCCC. The van der Waals surface area contributed by atoms with E-state index in [-0.39, 0.29) is 11.9 Å². The van der Waals surface area contributed by atoms with Crippen molar-refractivity contribution in [2.45, 2.75) is 39.7 Å². The van der Waals surface area contributed by atoms with Crippen molar-refractivity contribution in [1.29, 1.82) is 0 Å². The highest BCUT2D eigenvalue weighted by atomic mass is 16.5. The molecule has 0 aliphatic rings. The van der Waals surface area contributed by atoms with Gasteiger partial charge in [0.25, 0.3) is 5.91 Å². The Labute approximate surface area is 143 Å². The molecular formula is C19H25NO4. The summed E-state index contributed by atoms with van der Waals surface area (Å²) in [6.45, 7) is 7.33. The third kappa shape index (κ3) is 4.78. The lowest BCUT2D eigenvalue weighted by Crippen LogP contribution is -2.26. The number of hydrogen-bond donors (Lipinski definition) is 1. The summed E-state index contributed by atoms with van der Waals surface area (Å²) in [5.74, 6) is 1.29. The van der Waals surface area contributed by atoms with Gasteiger partial charge in [-0.3, -0.25) is 4.79 Å². The zero-order valence-electron chi connectivity index (χ0n) is 14.5. The number of ether oxygens (including phenoxy) is 2. The molecule has 0 aliphatic heterocycles. The van der Waals surface area contributed by atoms with Crippen molar-refractivity contribution in [2.24, 2.45) is 0 Å². The highest BCUT2D eigenvalue weighted by Gasteiger charge is 2.15. The monoisotopic (exact) mass is 331 g/mol. The Morgan fingerprint density at radius 2 is 1.83 bits per heavy atom. The van der Waals surface area contributed by atoms with Crippen molar-refractivity contribution < 1.29 is 18.7 Å². The van der Waals surface area contributed by atoms with Crippen LogP contribution in [0.1, 0.15) is 55.6 Å².